The van der Waals surface area contributed by atoms with E-state index in [1.807, 2.05) is 20.8 Å². The predicted octanol–water partition coefficient (Wildman–Crippen LogP) is 3.68. The van der Waals surface area contributed by atoms with Gasteiger partial charge in [-0.1, -0.05) is 0 Å². The van der Waals surface area contributed by atoms with Gasteiger partial charge in [-0.15, -0.1) is 11.3 Å². The summed E-state index contributed by atoms with van der Waals surface area (Å²) >= 11 is 1.27. The highest BCUT2D eigenvalue weighted by atomic mass is 32.1. The van der Waals surface area contributed by atoms with Crippen LogP contribution in [0.3, 0.4) is 0 Å². The van der Waals surface area contributed by atoms with Crippen LogP contribution in [0, 0.1) is 0 Å². The first-order valence-corrected chi connectivity index (χ1v) is 12.3. The molecule has 1 aromatic heterocycles. The maximum Gasteiger partial charge on any atom is 0.409 e. The fourth-order valence-electron chi connectivity index (χ4n) is 3.84. The molecule has 0 aliphatic carbocycles. The number of amides is 3. The lowest BCUT2D eigenvalue weighted by atomic mass is 10.0. The summed E-state index contributed by atoms with van der Waals surface area (Å²) in [5.41, 5.74) is 1.53. The van der Waals surface area contributed by atoms with Gasteiger partial charge in [-0.05, 0) is 44.9 Å². The number of nitrogens with one attached hydrogen (secondary N) is 2. The maximum atomic E-state index is 13.3. The molecular weight excluding hydrogens is 474 g/mol. The van der Waals surface area contributed by atoms with Crippen LogP contribution >= 0.6 is 11.3 Å². The second-order valence-electron chi connectivity index (χ2n) is 7.48. The number of ether oxygens (including phenoxy) is 4. The molecule has 2 heterocycles. The monoisotopic (exact) mass is 505 g/mol. The summed E-state index contributed by atoms with van der Waals surface area (Å²) < 4.78 is 22.0. The van der Waals surface area contributed by atoms with Crippen molar-refractivity contribution in [2.45, 2.75) is 33.7 Å². The fraction of sp³-hybridized carbons (Fsp3) is 0.458. The van der Waals surface area contributed by atoms with E-state index in [4.69, 9.17) is 18.9 Å². The van der Waals surface area contributed by atoms with E-state index in [2.05, 4.69) is 10.6 Å². The molecule has 1 aromatic carbocycles. The Labute approximate surface area is 208 Å². The van der Waals surface area contributed by atoms with Crippen molar-refractivity contribution < 1.29 is 33.3 Å². The summed E-state index contributed by atoms with van der Waals surface area (Å²) in [7, 11) is 2.87. The smallest absolute Gasteiger partial charge is 0.409 e. The Hall–Kier alpha value is -3.47. The molecule has 0 unspecified atom stereocenters. The molecule has 0 radical (unpaired) electrons. The standard InChI is InChI=1S/C24H31N3O7S/c1-6-32-16-11-14(12-17(33-7-2)20(16)34-8-3)21(28)26-23-19(22(29)25-4)15-9-10-27(24(30)31-5)13-18(15)35-23/h11-12H,6-10,13H2,1-5H3,(H,25,29)(H,26,28). The largest absolute Gasteiger partial charge is 0.490 e. The number of anilines is 1. The van der Waals surface area contributed by atoms with Gasteiger partial charge in [0.15, 0.2) is 11.5 Å². The van der Waals surface area contributed by atoms with Crippen molar-refractivity contribution in [1.82, 2.24) is 10.2 Å². The van der Waals surface area contributed by atoms with Gasteiger partial charge >= 0.3 is 6.09 Å². The van der Waals surface area contributed by atoms with Crippen LogP contribution in [-0.2, 0) is 17.7 Å². The minimum Gasteiger partial charge on any atom is -0.490 e. The van der Waals surface area contributed by atoms with Crippen LogP contribution in [0.4, 0.5) is 9.80 Å². The number of hydrogen-bond donors (Lipinski definition) is 2. The van der Waals surface area contributed by atoms with E-state index in [-0.39, 0.29) is 5.91 Å². The third-order valence-corrected chi connectivity index (χ3v) is 6.47. The molecule has 35 heavy (non-hydrogen) atoms. The Balaban J connectivity index is 1.98. The highest BCUT2D eigenvalue weighted by molar-refractivity contribution is 7.17. The molecule has 2 aromatic rings. The Morgan fingerprint density at radius 3 is 2.17 bits per heavy atom. The molecule has 3 amide bonds. The summed E-state index contributed by atoms with van der Waals surface area (Å²) in [5, 5.41) is 5.94. The van der Waals surface area contributed by atoms with Gasteiger partial charge in [-0.2, -0.15) is 0 Å². The van der Waals surface area contributed by atoms with Crippen LogP contribution in [0.25, 0.3) is 0 Å². The van der Waals surface area contributed by atoms with E-state index in [0.717, 1.165) is 10.4 Å². The molecule has 3 rings (SSSR count). The average Bonchev–Trinajstić information content (AvgIpc) is 3.21. The zero-order valence-electron chi connectivity index (χ0n) is 20.6. The molecule has 0 bridgehead atoms. The summed E-state index contributed by atoms with van der Waals surface area (Å²) in [6, 6.07) is 3.19. The average molecular weight is 506 g/mol. The summed E-state index contributed by atoms with van der Waals surface area (Å²) in [6.07, 6.45) is 0.0448. The number of nitrogens with zero attached hydrogens (tertiary/aromatic N) is 1. The van der Waals surface area contributed by atoms with Crippen molar-refractivity contribution in [2.75, 3.05) is 45.8 Å². The van der Waals surface area contributed by atoms with Crippen LogP contribution in [-0.4, -0.2) is 63.3 Å². The second kappa shape index (κ2) is 11.8. The van der Waals surface area contributed by atoms with Crippen molar-refractivity contribution in [3.8, 4) is 17.2 Å². The van der Waals surface area contributed by atoms with E-state index in [1.54, 1.807) is 17.0 Å². The third kappa shape index (κ3) is 5.61. The van der Waals surface area contributed by atoms with Gasteiger partial charge in [-0.25, -0.2) is 4.79 Å². The van der Waals surface area contributed by atoms with Crippen molar-refractivity contribution in [3.63, 3.8) is 0 Å². The van der Waals surface area contributed by atoms with Gasteiger partial charge in [0.25, 0.3) is 11.8 Å². The number of fused-ring (bicyclic) bond motifs is 1. The van der Waals surface area contributed by atoms with Gasteiger partial charge in [0.2, 0.25) is 5.75 Å². The molecule has 0 saturated carbocycles. The molecule has 0 spiro atoms. The normalized spacial score (nSPS) is 12.4. The lowest BCUT2D eigenvalue weighted by molar-refractivity contribution is 0.0962. The second-order valence-corrected chi connectivity index (χ2v) is 8.59. The van der Waals surface area contributed by atoms with Crippen molar-refractivity contribution >= 4 is 34.2 Å². The van der Waals surface area contributed by atoms with Crippen molar-refractivity contribution in [2.24, 2.45) is 0 Å². The van der Waals surface area contributed by atoms with Gasteiger partial charge in [0.05, 0.1) is 39.0 Å². The molecule has 2 N–H and O–H groups in total. The van der Waals surface area contributed by atoms with E-state index in [1.165, 1.54) is 25.5 Å². The third-order valence-electron chi connectivity index (χ3n) is 5.34. The van der Waals surface area contributed by atoms with Gasteiger partial charge in [0, 0.05) is 24.0 Å². The number of methoxy groups -OCH3 is 1. The molecule has 0 saturated heterocycles. The van der Waals surface area contributed by atoms with Gasteiger partial charge in [-0.3, -0.25) is 9.59 Å². The van der Waals surface area contributed by atoms with Crippen molar-refractivity contribution in [3.05, 3.63) is 33.7 Å². The molecule has 11 heteroatoms. The van der Waals surface area contributed by atoms with Crippen LogP contribution in [0.5, 0.6) is 17.2 Å². The first-order valence-electron chi connectivity index (χ1n) is 11.5. The van der Waals surface area contributed by atoms with Gasteiger partial charge in [0.1, 0.15) is 5.00 Å². The topological polar surface area (TPSA) is 115 Å². The molecular formula is C24H31N3O7S. The van der Waals surface area contributed by atoms with Gasteiger partial charge < -0.3 is 34.5 Å². The molecule has 190 valence electrons. The lowest BCUT2D eigenvalue weighted by Crippen LogP contribution is -2.35. The highest BCUT2D eigenvalue weighted by Gasteiger charge is 2.31. The fourth-order valence-corrected chi connectivity index (χ4v) is 5.09. The van der Waals surface area contributed by atoms with Crippen molar-refractivity contribution in [1.29, 1.82) is 0 Å². The van der Waals surface area contributed by atoms with E-state index in [0.29, 0.717) is 72.7 Å². The number of hydrogen-bond acceptors (Lipinski definition) is 8. The number of carbonyl (C=O) groups is 3. The number of thiophene rings is 1. The summed E-state index contributed by atoms with van der Waals surface area (Å²) in [6.45, 7) is 7.42. The zero-order valence-corrected chi connectivity index (χ0v) is 21.4. The zero-order chi connectivity index (χ0) is 25.5. The first kappa shape index (κ1) is 26.1. The van der Waals surface area contributed by atoms with Crippen LogP contribution in [0.15, 0.2) is 12.1 Å². The molecule has 0 atom stereocenters. The SMILES string of the molecule is CCOc1cc(C(=O)Nc2sc3c(c2C(=O)NC)CCN(C(=O)OC)C3)cc(OCC)c1OCC. The quantitative estimate of drug-likeness (QED) is 0.534. The highest BCUT2D eigenvalue weighted by Crippen LogP contribution is 2.41. The summed E-state index contributed by atoms with van der Waals surface area (Å²) in [4.78, 5) is 40.4. The molecule has 10 nitrogen and oxygen atoms in total. The van der Waals surface area contributed by atoms with Crippen LogP contribution in [0.1, 0.15) is 51.9 Å². The summed E-state index contributed by atoms with van der Waals surface area (Å²) in [5.74, 6) is 0.505. The predicted molar refractivity (Wildman–Crippen MR) is 132 cm³/mol. The maximum absolute atomic E-state index is 13.3. The molecule has 1 aliphatic rings. The Morgan fingerprint density at radius 2 is 1.63 bits per heavy atom. The molecule has 0 fully saturated rings. The minimum absolute atomic E-state index is 0.297. The van der Waals surface area contributed by atoms with E-state index < -0.39 is 12.0 Å². The minimum atomic E-state index is -0.433. The first-order chi connectivity index (χ1) is 16.9. The molecule has 1 aliphatic heterocycles. The Kier molecular flexibility index (Phi) is 8.80. The number of carbonyl (C=O) groups excluding carboxylic acids is 3. The lowest BCUT2D eigenvalue weighted by Gasteiger charge is -2.25. The van der Waals surface area contributed by atoms with E-state index in [9.17, 15) is 14.4 Å². The van der Waals surface area contributed by atoms with E-state index >= 15 is 0 Å². The van der Waals surface area contributed by atoms with Crippen LogP contribution < -0.4 is 24.8 Å². The Bertz CT molecular complexity index is 1070. The number of rotatable bonds is 9. The number of benzene rings is 1. The Morgan fingerprint density at radius 1 is 1.00 bits per heavy atom. The van der Waals surface area contributed by atoms with Crippen LogP contribution in [0.2, 0.25) is 0 Å².